The first-order chi connectivity index (χ1) is 8.19. The van der Waals surface area contributed by atoms with Gasteiger partial charge < -0.3 is 10.4 Å². The molecule has 0 saturated heterocycles. The van der Waals surface area contributed by atoms with Crippen LogP contribution in [0, 0.1) is 10.1 Å². The number of aliphatic hydroxyl groups is 1. The zero-order valence-corrected chi connectivity index (χ0v) is 9.72. The fraction of sp³-hybridized carbons (Fsp3) is 0.333. The Balaban J connectivity index is 2.82. The van der Waals surface area contributed by atoms with Gasteiger partial charge in [-0.25, -0.2) is 0 Å². The number of benzene rings is 1. The van der Waals surface area contributed by atoms with E-state index in [1.54, 1.807) is 12.1 Å². The summed E-state index contributed by atoms with van der Waals surface area (Å²) in [5, 5.41) is 22.7. The Morgan fingerprint density at radius 2 is 2.29 bits per heavy atom. The topological polar surface area (TPSA) is 75.4 Å². The van der Waals surface area contributed by atoms with Crippen molar-refractivity contribution in [3.05, 3.63) is 45.5 Å². The van der Waals surface area contributed by atoms with E-state index in [2.05, 4.69) is 5.32 Å². The number of rotatable bonds is 6. The van der Waals surface area contributed by atoms with E-state index < -0.39 is 4.92 Å². The Morgan fingerprint density at radius 1 is 1.53 bits per heavy atom. The maximum Gasteiger partial charge on any atom is 0.274 e. The van der Waals surface area contributed by atoms with E-state index in [0.717, 1.165) is 18.5 Å². The van der Waals surface area contributed by atoms with E-state index >= 15 is 0 Å². The first-order valence-electron chi connectivity index (χ1n) is 5.38. The molecular formula is C12H16N2O3. The average Bonchev–Trinajstić information content (AvgIpc) is 2.34. The van der Waals surface area contributed by atoms with Gasteiger partial charge in [0.05, 0.1) is 17.1 Å². The van der Waals surface area contributed by atoms with Gasteiger partial charge in [-0.1, -0.05) is 12.2 Å². The minimum atomic E-state index is -0.486. The monoisotopic (exact) mass is 236 g/mol. The van der Waals surface area contributed by atoms with Crippen molar-refractivity contribution in [1.29, 1.82) is 0 Å². The molecule has 0 fully saturated rings. The molecule has 0 aliphatic rings. The predicted molar refractivity (Wildman–Crippen MR) is 66.6 cm³/mol. The fourth-order valence-corrected chi connectivity index (χ4v) is 1.46. The van der Waals surface area contributed by atoms with Crippen molar-refractivity contribution in [3.8, 4) is 0 Å². The summed E-state index contributed by atoms with van der Waals surface area (Å²) in [4.78, 5) is 10.2. The summed E-state index contributed by atoms with van der Waals surface area (Å²) in [7, 11) is 1.88. The van der Waals surface area contributed by atoms with Crippen molar-refractivity contribution >= 4 is 11.8 Å². The number of nitrogens with zero attached hydrogens (tertiary/aromatic N) is 1. The van der Waals surface area contributed by atoms with E-state index in [1.165, 1.54) is 6.07 Å². The van der Waals surface area contributed by atoms with Gasteiger partial charge in [-0.05, 0) is 37.7 Å². The Kier molecular flexibility index (Phi) is 5.32. The fourth-order valence-electron chi connectivity index (χ4n) is 1.46. The van der Waals surface area contributed by atoms with Crippen LogP contribution in [0.4, 0.5) is 5.69 Å². The Labute approximate surface area is 99.9 Å². The normalized spacial score (nSPS) is 10.9. The lowest BCUT2D eigenvalue weighted by Gasteiger charge is -2.01. The molecule has 1 rings (SSSR count). The molecule has 0 aliphatic heterocycles. The van der Waals surface area contributed by atoms with Crippen LogP contribution in [-0.4, -0.2) is 23.6 Å². The second kappa shape index (κ2) is 6.78. The summed E-state index contributed by atoms with van der Waals surface area (Å²) < 4.78 is 0. The minimum absolute atomic E-state index is 0.0418. The van der Waals surface area contributed by atoms with Crippen LogP contribution in [0.5, 0.6) is 0 Å². The minimum Gasteiger partial charge on any atom is -0.391 e. The highest BCUT2D eigenvalue weighted by Crippen LogP contribution is 2.20. The third kappa shape index (κ3) is 3.97. The first-order valence-corrected chi connectivity index (χ1v) is 5.38. The van der Waals surface area contributed by atoms with Crippen molar-refractivity contribution in [2.75, 3.05) is 13.6 Å². The molecular weight excluding hydrogens is 220 g/mol. The number of nitrogens with one attached hydrogen (secondary N) is 1. The molecule has 0 heterocycles. The van der Waals surface area contributed by atoms with Crippen LogP contribution >= 0.6 is 0 Å². The molecule has 1 aromatic carbocycles. The molecule has 5 heteroatoms. The number of aliphatic hydroxyl groups excluding tert-OH is 1. The van der Waals surface area contributed by atoms with E-state index in [-0.39, 0.29) is 12.3 Å². The SMILES string of the molecule is CNCCC=Cc1ccc([N+](=O)[O-])c(CO)c1. The summed E-state index contributed by atoms with van der Waals surface area (Å²) in [6.07, 6.45) is 4.76. The van der Waals surface area contributed by atoms with Crippen LogP contribution in [0.2, 0.25) is 0 Å². The summed E-state index contributed by atoms with van der Waals surface area (Å²) in [5.41, 5.74) is 1.15. The highest BCUT2D eigenvalue weighted by atomic mass is 16.6. The maximum atomic E-state index is 10.7. The van der Waals surface area contributed by atoms with E-state index in [1.807, 2.05) is 19.2 Å². The molecule has 92 valence electrons. The summed E-state index contributed by atoms with van der Waals surface area (Å²) >= 11 is 0. The molecule has 0 spiro atoms. The smallest absolute Gasteiger partial charge is 0.274 e. The van der Waals surface area contributed by atoms with Crippen molar-refractivity contribution in [1.82, 2.24) is 5.32 Å². The van der Waals surface area contributed by atoms with Gasteiger partial charge in [-0.15, -0.1) is 0 Å². The Bertz CT molecular complexity index is 416. The van der Waals surface area contributed by atoms with Gasteiger partial charge in [0.25, 0.3) is 5.69 Å². The zero-order chi connectivity index (χ0) is 12.7. The quantitative estimate of drug-likeness (QED) is 0.448. The molecule has 0 radical (unpaired) electrons. The molecule has 2 N–H and O–H groups in total. The van der Waals surface area contributed by atoms with Gasteiger partial charge in [0, 0.05) is 6.07 Å². The van der Waals surface area contributed by atoms with Gasteiger partial charge in [0.1, 0.15) is 0 Å². The Hall–Kier alpha value is -1.72. The second-order valence-electron chi connectivity index (χ2n) is 3.60. The molecule has 0 amide bonds. The Morgan fingerprint density at radius 3 is 2.88 bits per heavy atom. The average molecular weight is 236 g/mol. The second-order valence-corrected chi connectivity index (χ2v) is 3.60. The maximum absolute atomic E-state index is 10.7. The number of hydrogen-bond donors (Lipinski definition) is 2. The van der Waals surface area contributed by atoms with Crippen LogP contribution in [0.25, 0.3) is 6.08 Å². The number of nitro groups is 1. The van der Waals surface area contributed by atoms with Gasteiger partial charge >= 0.3 is 0 Å². The van der Waals surface area contributed by atoms with E-state index in [9.17, 15) is 10.1 Å². The zero-order valence-electron chi connectivity index (χ0n) is 9.72. The predicted octanol–water partition coefficient (Wildman–Crippen LogP) is 1.71. The molecule has 17 heavy (non-hydrogen) atoms. The largest absolute Gasteiger partial charge is 0.391 e. The molecule has 0 aromatic heterocycles. The van der Waals surface area contributed by atoms with Crippen LogP contribution < -0.4 is 5.32 Å². The molecule has 0 saturated carbocycles. The lowest BCUT2D eigenvalue weighted by molar-refractivity contribution is -0.385. The number of hydrogen-bond acceptors (Lipinski definition) is 4. The van der Waals surface area contributed by atoms with Gasteiger partial charge in [0.15, 0.2) is 0 Å². The van der Waals surface area contributed by atoms with Gasteiger partial charge in [-0.3, -0.25) is 10.1 Å². The van der Waals surface area contributed by atoms with Crippen molar-refractivity contribution in [3.63, 3.8) is 0 Å². The standard InChI is InChI=1S/C12H16N2O3/c1-13-7-3-2-4-10-5-6-12(14(16)17)11(8-10)9-15/h2,4-6,8,13,15H,3,7,9H2,1H3. The van der Waals surface area contributed by atoms with Crippen molar-refractivity contribution in [2.24, 2.45) is 0 Å². The van der Waals surface area contributed by atoms with E-state index in [4.69, 9.17) is 5.11 Å². The van der Waals surface area contributed by atoms with Crippen LogP contribution in [0.15, 0.2) is 24.3 Å². The molecule has 1 aromatic rings. The molecule has 5 nitrogen and oxygen atoms in total. The lowest BCUT2D eigenvalue weighted by Crippen LogP contribution is -2.05. The van der Waals surface area contributed by atoms with Crippen molar-refractivity contribution < 1.29 is 10.0 Å². The molecule has 0 aliphatic carbocycles. The summed E-state index contributed by atoms with van der Waals surface area (Å²) in [5.74, 6) is 0. The van der Waals surface area contributed by atoms with E-state index in [0.29, 0.717) is 5.56 Å². The molecule has 0 bridgehead atoms. The third-order valence-electron chi connectivity index (χ3n) is 2.34. The third-order valence-corrected chi connectivity index (χ3v) is 2.34. The van der Waals surface area contributed by atoms with Gasteiger partial charge in [-0.2, -0.15) is 0 Å². The highest BCUT2D eigenvalue weighted by Gasteiger charge is 2.12. The summed E-state index contributed by atoms with van der Waals surface area (Å²) in [6.45, 7) is 0.560. The molecule has 0 atom stereocenters. The number of nitro benzene ring substituents is 1. The highest BCUT2D eigenvalue weighted by molar-refractivity contribution is 5.55. The van der Waals surface area contributed by atoms with Gasteiger partial charge in [0.2, 0.25) is 0 Å². The lowest BCUT2D eigenvalue weighted by atomic mass is 10.1. The summed E-state index contributed by atoms with van der Waals surface area (Å²) in [6, 6.07) is 4.73. The first kappa shape index (κ1) is 13.3. The van der Waals surface area contributed by atoms with Crippen molar-refractivity contribution in [2.45, 2.75) is 13.0 Å². The molecule has 0 unspecified atom stereocenters. The van der Waals surface area contributed by atoms with Crippen LogP contribution in [0.3, 0.4) is 0 Å². The van der Waals surface area contributed by atoms with Crippen LogP contribution in [-0.2, 0) is 6.61 Å². The van der Waals surface area contributed by atoms with Crippen LogP contribution in [0.1, 0.15) is 17.5 Å².